The Balaban J connectivity index is 2.13. The second-order valence-corrected chi connectivity index (χ2v) is 8.65. The van der Waals surface area contributed by atoms with Crippen molar-refractivity contribution in [1.29, 1.82) is 0 Å². The van der Waals surface area contributed by atoms with Crippen molar-refractivity contribution in [2.75, 3.05) is 12.4 Å². The Morgan fingerprint density at radius 3 is 2.48 bits per heavy atom. The molecule has 108 valence electrons. The van der Waals surface area contributed by atoms with Gasteiger partial charge in [0.15, 0.2) is 5.75 Å². The number of carbonyl (C=O) groups excluding carboxylic acids is 1. The first kappa shape index (κ1) is 14.7. The van der Waals surface area contributed by atoms with Crippen molar-refractivity contribution in [1.82, 2.24) is 4.67 Å². The number of halogens is 1. The van der Waals surface area contributed by atoms with E-state index in [9.17, 15) is 4.79 Å². The van der Waals surface area contributed by atoms with Gasteiger partial charge in [-0.3, -0.25) is 4.79 Å². The smallest absolute Gasteiger partial charge is 0.290 e. The highest BCUT2D eigenvalue weighted by Crippen LogP contribution is 2.62. The van der Waals surface area contributed by atoms with Crippen molar-refractivity contribution in [3.05, 3.63) is 60.2 Å². The third kappa shape index (κ3) is 2.52. The third-order valence-corrected chi connectivity index (χ3v) is 7.30. The lowest BCUT2D eigenvalue weighted by Gasteiger charge is -2.42. The van der Waals surface area contributed by atoms with Crippen molar-refractivity contribution in [2.45, 2.75) is 0 Å². The van der Waals surface area contributed by atoms with Crippen LogP contribution < -0.4 is 9.83 Å². The van der Waals surface area contributed by atoms with Crippen molar-refractivity contribution in [3.8, 4) is 5.75 Å². The van der Waals surface area contributed by atoms with Crippen LogP contribution in [0, 0.1) is 0 Å². The molecule has 1 aliphatic rings. The molecule has 2 aromatic rings. The molecule has 1 unspecified atom stereocenters. The molecule has 0 bridgehead atoms. The number of carbonyl (C=O) groups is 1. The van der Waals surface area contributed by atoms with Gasteiger partial charge in [0.2, 0.25) is 6.84 Å². The van der Waals surface area contributed by atoms with Crippen molar-refractivity contribution < 1.29 is 9.32 Å². The van der Waals surface area contributed by atoms with Crippen LogP contribution in [-0.4, -0.2) is 23.0 Å². The maximum absolute atomic E-state index is 12.7. The van der Waals surface area contributed by atoms with Crippen LogP contribution in [0.1, 0.15) is 10.4 Å². The number of nitrogens with zero attached hydrogens (tertiary/aromatic N) is 1. The van der Waals surface area contributed by atoms with Gasteiger partial charge in [0, 0.05) is 5.88 Å². The summed E-state index contributed by atoms with van der Waals surface area (Å²) >= 11 is 11.7. The first-order chi connectivity index (χ1) is 10.2. The summed E-state index contributed by atoms with van der Waals surface area (Å²) in [6.45, 7) is -2.27. The predicted molar refractivity (Wildman–Crippen MR) is 89.2 cm³/mol. The zero-order chi connectivity index (χ0) is 14.9. The Hall–Kier alpha value is -1.22. The van der Waals surface area contributed by atoms with Gasteiger partial charge in [0.05, 0.1) is 12.1 Å². The molecule has 0 N–H and O–H groups in total. The average molecular weight is 338 g/mol. The fraction of sp³-hybridized carbons (Fsp3) is 0.133. The van der Waals surface area contributed by atoms with Crippen LogP contribution in [0.4, 0.5) is 0 Å². The average Bonchev–Trinajstić information content (AvgIpc) is 2.52. The Morgan fingerprint density at radius 2 is 1.76 bits per heavy atom. The first-order valence-corrected chi connectivity index (χ1v) is 9.70. The third-order valence-electron chi connectivity index (χ3n) is 3.27. The SMILES string of the molecule is O=C1c2ccccc2O[P+]([S-])(c2ccccc2)N1CCCl. The minimum atomic E-state index is -2.65. The molecule has 3 rings (SSSR count). The van der Waals surface area contributed by atoms with Crippen molar-refractivity contribution in [2.24, 2.45) is 0 Å². The van der Waals surface area contributed by atoms with Gasteiger partial charge in [-0.1, -0.05) is 30.3 Å². The Labute approximate surface area is 134 Å². The number of fused-ring (bicyclic) bond motifs is 1. The largest absolute Gasteiger partial charge is 0.484 e. The van der Waals surface area contributed by atoms with Gasteiger partial charge in [0.1, 0.15) is 5.30 Å². The van der Waals surface area contributed by atoms with Gasteiger partial charge in [-0.15, -0.1) is 11.6 Å². The molecule has 0 saturated heterocycles. The van der Waals surface area contributed by atoms with Gasteiger partial charge in [-0.2, -0.15) is 4.67 Å². The zero-order valence-electron chi connectivity index (χ0n) is 11.1. The fourth-order valence-electron chi connectivity index (χ4n) is 2.29. The predicted octanol–water partition coefficient (Wildman–Crippen LogP) is 3.40. The highest BCUT2D eigenvalue weighted by Gasteiger charge is 2.46. The summed E-state index contributed by atoms with van der Waals surface area (Å²) in [6, 6.07) is 16.7. The second-order valence-electron chi connectivity index (χ2n) is 4.56. The molecule has 21 heavy (non-hydrogen) atoms. The van der Waals surface area contributed by atoms with Gasteiger partial charge < -0.3 is 16.8 Å². The summed E-state index contributed by atoms with van der Waals surface area (Å²) in [5.74, 6) is 0.771. The molecule has 6 heteroatoms. The summed E-state index contributed by atoms with van der Waals surface area (Å²) in [7, 11) is 0. The molecule has 0 radical (unpaired) electrons. The molecular weight excluding hydrogens is 325 g/mol. The minimum absolute atomic E-state index is 0.107. The first-order valence-electron chi connectivity index (χ1n) is 6.49. The van der Waals surface area contributed by atoms with E-state index in [-0.39, 0.29) is 5.91 Å². The maximum Gasteiger partial charge on any atom is 0.290 e. The van der Waals surface area contributed by atoms with Crippen LogP contribution in [0.5, 0.6) is 5.75 Å². The fourth-order valence-corrected chi connectivity index (χ4v) is 5.81. The van der Waals surface area contributed by atoms with Crippen molar-refractivity contribution in [3.63, 3.8) is 0 Å². The Kier molecular flexibility index (Phi) is 4.12. The van der Waals surface area contributed by atoms with Crippen LogP contribution >= 0.6 is 18.4 Å². The molecule has 0 saturated carbocycles. The summed E-state index contributed by atoms with van der Waals surface area (Å²) < 4.78 is 7.73. The van der Waals surface area contributed by atoms with E-state index >= 15 is 0 Å². The summed E-state index contributed by atoms with van der Waals surface area (Å²) in [5.41, 5.74) is 0.541. The number of benzene rings is 2. The van der Waals surface area contributed by atoms with Gasteiger partial charge in [-0.05, 0) is 24.3 Å². The molecule has 1 atom stereocenters. The molecule has 0 aliphatic carbocycles. The topological polar surface area (TPSA) is 29.5 Å². The molecule has 1 heterocycles. The molecule has 3 nitrogen and oxygen atoms in total. The quantitative estimate of drug-likeness (QED) is 0.488. The molecule has 0 fully saturated rings. The summed E-state index contributed by atoms with van der Waals surface area (Å²) in [6.07, 6.45) is 0. The maximum atomic E-state index is 12.7. The molecule has 0 aromatic heterocycles. The van der Waals surface area contributed by atoms with Crippen LogP contribution in [-0.2, 0) is 12.2 Å². The van der Waals surface area contributed by atoms with Crippen LogP contribution in [0.3, 0.4) is 0 Å². The van der Waals surface area contributed by atoms with E-state index in [1.54, 1.807) is 16.8 Å². The lowest BCUT2D eigenvalue weighted by atomic mass is 10.2. The molecular formula is C15H13ClNO2PS. The molecule has 2 aromatic carbocycles. The van der Waals surface area contributed by atoms with Crippen LogP contribution in [0.15, 0.2) is 54.6 Å². The van der Waals surface area contributed by atoms with E-state index in [2.05, 4.69) is 0 Å². The second kappa shape index (κ2) is 5.88. The minimum Gasteiger partial charge on any atom is -0.484 e. The number of amides is 1. The Bertz CT molecular complexity index is 670. The number of hydrogen-bond acceptors (Lipinski definition) is 3. The molecule has 1 amide bonds. The zero-order valence-corrected chi connectivity index (χ0v) is 13.6. The lowest BCUT2D eigenvalue weighted by Crippen LogP contribution is -2.41. The number of rotatable bonds is 3. The highest BCUT2D eigenvalue weighted by atomic mass is 35.5. The lowest BCUT2D eigenvalue weighted by molar-refractivity contribution is 0.0851. The van der Waals surface area contributed by atoms with E-state index in [4.69, 9.17) is 28.4 Å². The van der Waals surface area contributed by atoms with E-state index in [0.717, 1.165) is 5.30 Å². The summed E-state index contributed by atoms with van der Waals surface area (Å²) in [5, 5.41) is 0.855. The van der Waals surface area contributed by atoms with E-state index in [1.807, 2.05) is 42.5 Å². The number of alkyl halides is 1. The van der Waals surface area contributed by atoms with E-state index < -0.39 is 6.84 Å². The summed E-state index contributed by atoms with van der Waals surface area (Å²) in [4.78, 5) is 12.7. The van der Waals surface area contributed by atoms with E-state index in [0.29, 0.717) is 23.7 Å². The van der Waals surface area contributed by atoms with Crippen LogP contribution in [0.2, 0.25) is 0 Å². The normalized spacial score (nSPS) is 20.9. The standard InChI is InChI=1S/C15H13ClNO2PS/c16-10-11-17-15(18)13-8-4-5-9-14(13)19-20(17,21)12-6-2-1-3-7-12/h1-9H,10-11H2. The molecule has 0 spiro atoms. The van der Waals surface area contributed by atoms with E-state index in [1.165, 1.54) is 0 Å². The number of hydrogen-bond donors (Lipinski definition) is 0. The van der Waals surface area contributed by atoms with Gasteiger partial charge >= 0.3 is 0 Å². The van der Waals surface area contributed by atoms with Crippen LogP contribution in [0.25, 0.3) is 0 Å². The van der Waals surface area contributed by atoms with Gasteiger partial charge in [-0.25, -0.2) is 0 Å². The van der Waals surface area contributed by atoms with Gasteiger partial charge in [0.25, 0.3) is 5.91 Å². The van der Waals surface area contributed by atoms with Crippen molar-refractivity contribution >= 4 is 41.9 Å². The number of para-hydroxylation sites is 1. The highest BCUT2D eigenvalue weighted by molar-refractivity contribution is 8.42. The monoisotopic (exact) mass is 337 g/mol. The molecule has 1 aliphatic heterocycles. The Morgan fingerprint density at radius 1 is 1.10 bits per heavy atom.